The summed E-state index contributed by atoms with van der Waals surface area (Å²) in [5.74, 6) is 0.529. The van der Waals surface area contributed by atoms with Crippen molar-refractivity contribution in [2.75, 3.05) is 19.7 Å². The number of piperidine rings is 1. The molecule has 0 aromatic carbocycles. The average molecular weight is 241 g/mol. The van der Waals surface area contributed by atoms with Crippen LogP contribution >= 0.6 is 0 Å². The van der Waals surface area contributed by atoms with Crippen molar-refractivity contribution < 1.29 is 9.53 Å². The molecule has 1 aliphatic rings. The van der Waals surface area contributed by atoms with E-state index in [1.165, 1.54) is 19.3 Å². The lowest BCUT2D eigenvalue weighted by atomic mass is 9.93. The Hall–Kier alpha value is -0.570. The van der Waals surface area contributed by atoms with E-state index in [0.29, 0.717) is 25.0 Å². The number of hydrogen-bond donors (Lipinski definition) is 0. The molecule has 100 valence electrons. The molecule has 3 heteroatoms. The number of nitrogens with zero attached hydrogens (tertiary/aromatic N) is 1. The summed E-state index contributed by atoms with van der Waals surface area (Å²) < 4.78 is 5.09. The number of hydrogen-bond acceptors (Lipinski definition) is 3. The summed E-state index contributed by atoms with van der Waals surface area (Å²) in [7, 11) is 0. The highest BCUT2D eigenvalue weighted by molar-refractivity contribution is 5.70. The van der Waals surface area contributed by atoms with Crippen LogP contribution in [0.25, 0.3) is 0 Å². The van der Waals surface area contributed by atoms with Crippen LogP contribution in [0, 0.1) is 5.92 Å². The van der Waals surface area contributed by atoms with Crippen molar-refractivity contribution >= 4 is 5.97 Å². The molecular formula is C14H27NO2. The highest BCUT2D eigenvalue weighted by Crippen LogP contribution is 2.22. The minimum Gasteiger partial charge on any atom is -0.466 e. The van der Waals surface area contributed by atoms with E-state index in [2.05, 4.69) is 18.7 Å². The lowest BCUT2D eigenvalue weighted by molar-refractivity contribution is -0.145. The fourth-order valence-corrected chi connectivity index (χ4v) is 2.60. The molecule has 17 heavy (non-hydrogen) atoms. The van der Waals surface area contributed by atoms with Crippen molar-refractivity contribution in [3.8, 4) is 0 Å². The predicted molar refractivity (Wildman–Crippen MR) is 69.9 cm³/mol. The maximum absolute atomic E-state index is 11.7. The van der Waals surface area contributed by atoms with E-state index in [-0.39, 0.29) is 5.97 Å². The number of esters is 1. The molecule has 0 aliphatic carbocycles. The molecule has 0 amide bonds. The van der Waals surface area contributed by atoms with Gasteiger partial charge < -0.3 is 4.74 Å². The Kier molecular flexibility index (Phi) is 6.56. The number of rotatable bonds is 6. The number of likely N-dealkylation sites (tertiary alicyclic amines) is 1. The fraction of sp³-hybridized carbons (Fsp3) is 0.929. The standard InChI is InChI=1S/C14H27NO2/c1-4-12(3)13(11-14(16)17-5-2)15-9-7-6-8-10-15/h12-13H,4-11H2,1-3H3. The second-order valence-electron chi connectivity index (χ2n) is 5.06. The van der Waals surface area contributed by atoms with Crippen LogP contribution in [0.3, 0.4) is 0 Å². The van der Waals surface area contributed by atoms with Crippen LogP contribution in [0.5, 0.6) is 0 Å². The first kappa shape index (κ1) is 14.5. The highest BCUT2D eigenvalue weighted by atomic mass is 16.5. The first-order chi connectivity index (χ1) is 8.19. The fourth-order valence-electron chi connectivity index (χ4n) is 2.60. The van der Waals surface area contributed by atoms with Gasteiger partial charge in [-0.05, 0) is 38.8 Å². The summed E-state index contributed by atoms with van der Waals surface area (Å²) >= 11 is 0. The normalized spacial score (nSPS) is 20.9. The Morgan fingerprint density at radius 3 is 2.41 bits per heavy atom. The van der Waals surface area contributed by atoms with Gasteiger partial charge in [0.25, 0.3) is 0 Å². The second-order valence-corrected chi connectivity index (χ2v) is 5.06. The van der Waals surface area contributed by atoms with Crippen LogP contribution in [0.1, 0.15) is 52.9 Å². The van der Waals surface area contributed by atoms with Crippen LogP contribution in [0.15, 0.2) is 0 Å². The molecule has 0 aromatic heterocycles. The zero-order valence-corrected chi connectivity index (χ0v) is 11.6. The van der Waals surface area contributed by atoms with Gasteiger partial charge in [0.1, 0.15) is 0 Å². The summed E-state index contributed by atoms with van der Waals surface area (Å²) in [6, 6.07) is 0.374. The number of carbonyl (C=O) groups is 1. The molecule has 0 N–H and O–H groups in total. The minimum atomic E-state index is -0.0385. The number of ether oxygens (including phenoxy) is 1. The summed E-state index contributed by atoms with van der Waals surface area (Å²) in [5.41, 5.74) is 0. The molecule has 1 rings (SSSR count). The first-order valence-electron chi connectivity index (χ1n) is 7.08. The van der Waals surface area contributed by atoms with Gasteiger partial charge in [-0.2, -0.15) is 0 Å². The molecule has 0 bridgehead atoms. The third kappa shape index (κ3) is 4.66. The molecule has 3 nitrogen and oxygen atoms in total. The van der Waals surface area contributed by atoms with E-state index in [0.717, 1.165) is 19.5 Å². The molecule has 0 radical (unpaired) electrons. The SMILES string of the molecule is CCOC(=O)CC(C(C)CC)N1CCCCC1. The summed E-state index contributed by atoms with van der Waals surface area (Å²) in [5, 5.41) is 0. The Labute approximate surface area is 106 Å². The summed E-state index contributed by atoms with van der Waals surface area (Å²) in [6.07, 6.45) is 5.57. The van der Waals surface area contributed by atoms with Gasteiger partial charge in [-0.25, -0.2) is 0 Å². The molecule has 1 saturated heterocycles. The van der Waals surface area contributed by atoms with Crippen molar-refractivity contribution in [1.29, 1.82) is 0 Å². The monoisotopic (exact) mass is 241 g/mol. The van der Waals surface area contributed by atoms with Crippen LogP contribution in [-0.2, 0) is 9.53 Å². The summed E-state index contributed by atoms with van der Waals surface area (Å²) in [6.45, 7) is 9.11. The van der Waals surface area contributed by atoms with Crippen LogP contribution in [0.4, 0.5) is 0 Å². The Bertz CT molecular complexity index is 224. The van der Waals surface area contributed by atoms with Gasteiger partial charge in [-0.3, -0.25) is 9.69 Å². The van der Waals surface area contributed by atoms with Gasteiger partial charge in [-0.15, -0.1) is 0 Å². The Balaban J connectivity index is 2.55. The van der Waals surface area contributed by atoms with Crippen molar-refractivity contribution in [3.05, 3.63) is 0 Å². The van der Waals surface area contributed by atoms with E-state index in [1.807, 2.05) is 6.92 Å². The van der Waals surface area contributed by atoms with Crippen LogP contribution in [0.2, 0.25) is 0 Å². The smallest absolute Gasteiger partial charge is 0.307 e. The molecule has 0 spiro atoms. The number of carbonyl (C=O) groups excluding carboxylic acids is 1. The van der Waals surface area contributed by atoms with Crippen LogP contribution in [-0.4, -0.2) is 36.6 Å². The van der Waals surface area contributed by atoms with Crippen molar-refractivity contribution in [1.82, 2.24) is 4.90 Å². The largest absolute Gasteiger partial charge is 0.466 e. The molecule has 0 saturated carbocycles. The van der Waals surface area contributed by atoms with Gasteiger partial charge in [0.15, 0.2) is 0 Å². The lowest BCUT2D eigenvalue weighted by Gasteiger charge is -2.37. The molecular weight excluding hydrogens is 214 g/mol. The van der Waals surface area contributed by atoms with E-state index >= 15 is 0 Å². The van der Waals surface area contributed by atoms with Crippen molar-refractivity contribution in [2.24, 2.45) is 5.92 Å². The van der Waals surface area contributed by atoms with Gasteiger partial charge in [0.05, 0.1) is 13.0 Å². The Morgan fingerprint density at radius 1 is 1.24 bits per heavy atom. The molecule has 1 fully saturated rings. The second kappa shape index (κ2) is 7.70. The molecule has 1 aliphatic heterocycles. The Morgan fingerprint density at radius 2 is 1.88 bits per heavy atom. The van der Waals surface area contributed by atoms with Crippen LogP contribution < -0.4 is 0 Å². The molecule has 0 aromatic rings. The van der Waals surface area contributed by atoms with E-state index < -0.39 is 0 Å². The minimum absolute atomic E-state index is 0.0385. The zero-order chi connectivity index (χ0) is 12.7. The molecule has 1 heterocycles. The van der Waals surface area contributed by atoms with Gasteiger partial charge in [-0.1, -0.05) is 26.7 Å². The average Bonchev–Trinajstić information content (AvgIpc) is 2.36. The third-order valence-electron chi connectivity index (χ3n) is 3.84. The van der Waals surface area contributed by atoms with E-state index in [9.17, 15) is 4.79 Å². The maximum Gasteiger partial charge on any atom is 0.307 e. The van der Waals surface area contributed by atoms with Gasteiger partial charge >= 0.3 is 5.97 Å². The zero-order valence-electron chi connectivity index (χ0n) is 11.6. The predicted octanol–water partition coefficient (Wildman–Crippen LogP) is 2.84. The van der Waals surface area contributed by atoms with Gasteiger partial charge in [0.2, 0.25) is 0 Å². The van der Waals surface area contributed by atoms with E-state index in [1.54, 1.807) is 0 Å². The molecule has 2 unspecified atom stereocenters. The lowest BCUT2D eigenvalue weighted by Crippen LogP contribution is -2.44. The molecule has 2 atom stereocenters. The van der Waals surface area contributed by atoms with Crippen molar-refractivity contribution in [3.63, 3.8) is 0 Å². The topological polar surface area (TPSA) is 29.5 Å². The maximum atomic E-state index is 11.7. The van der Waals surface area contributed by atoms with Gasteiger partial charge in [0, 0.05) is 6.04 Å². The van der Waals surface area contributed by atoms with Crippen molar-refractivity contribution in [2.45, 2.75) is 58.9 Å². The first-order valence-corrected chi connectivity index (χ1v) is 7.08. The highest BCUT2D eigenvalue weighted by Gasteiger charge is 2.27. The van der Waals surface area contributed by atoms with E-state index in [4.69, 9.17) is 4.74 Å². The quantitative estimate of drug-likeness (QED) is 0.670. The third-order valence-corrected chi connectivity index (χ3v) is 3.84. The summed E-state index contributed by atoms with van der Waals surface area (Å²) in [4.78, 5) is 14.2.